The number of halogens is 3. The minimum absolute atomic E-state index is 0.0240. The number of amides is 1. The molecule has 0 unspecified atom stereocenters. The zero-order valence-electron chi connectivity index (χ0n) is 11.0. The van der Waals surface area contributed by atoms with Crippen molar-refractivity contribution in [2.75, 3.05) is 25.1 Å². The highest BCUT2D eigenvalue weighted by atomic mass is 32.2. The average molecular weight is 286 g/mol. The van der Waals surface area contributed by atoms with E-state index < -0.39 is 24.7 Å². The van der Waals surface area contributed by atoms with E-state index in [4.69, 9.17) is 5.73 Å². The van der Waals surface area contributed by atoms with Gasteiger partial charge < -0.3 is 10.6 Å². The molecule has 18 heavy (non-hydrogen) atoms. The smallest absolute Gasteiger partial charge is 0.332 e. The summed E-state index contributed by atoms with van der Waals surface area (Å²) in [5, 5.41) is 0. The zero-order chi connectivity index (χ0) is 14.3. The lowest BCUT2D eigenvalue weighted by atomic mass is 10.1. The normalized spacial score (nSPS) is 13.8. The predicted octanol–water partition coefficient (Wildman–Crippen LogP) is 2.11. The molecule has 1 amide bonds. The molecule has 0 aromatic rings. The number of carbonyl (C=O) groups excluding carboxylic acids is 1. The van der Waals surface area contributed by atoms with Gasteiger partial charge in [0.2, 0.25) is 5.91 Å². The molecule has 108 valence electrons. The van der Waals surface area contributed by atoms with Crippen molar-refractivity contribution in [1.29, 1.82) is 0 Å². The molecule has 7 heteroatoms. The highest BCUT2D eigenvalue weighted by Gasteiger charge is 2.34. The quantitative estimate of drug-likeness (QED) is 0.779. The van der Waals surface area contributed by atoms with Gasteiger partial charge in [-0.3, -0.25) is 4.79 Å². The topological polar surface area (TPSA) is 46.3 Å². The van der Waals surface area contributed by atoms with Crippen molar-refractivity contribution in [3.8, 4) is 0 Å². The van der Waals surface area contributed by atoms with Gasteiger partial charge in [0.25, 0.3) is 0 Å². The third-order valence-corrected chi connectivity index (χ3v) is 2.86. The maximum Gasteiger partial charge on any atom is 0.406 e. The van der Waals surface area contributed by atoms with Crippen LogP contribution in [-0.4, -0.2) is 48.1 Å². The van der Waals surface area contributed by atoms with E-state index in [-0.39, 0.29) is 12.5 Å². The Balaban J connectivity index is 4.58. The van der Waals surface area contributed by atoms with Gasteiger partial charge in [-0.25, -0.2) is 0 Å². The Hall–Kier alpha value is -0.430. The predicted molar refractivity (Wildman–Crippen MR) is 68.4 cm³/mol. The highest BCUT2D eigenvalue weighted by molar-refractivity contribution is 7.98. The van der Waals surface area contributed by atoms with Crippen LogP contribution in [0.3, 0.4) is 0 Å². The number of nitrogens with two attached hydrogens (primary N) is 1. The molecule has 1 atom stereocenters. The molecule has 3 nitrogen and oxygen atoms in total. The van der Waals surface area contributed by atoms with Crippen LogP contribution in [0, 0.1) is 5.92 Å². The monoisotopic (exact) mass is 286 g/mol. The van der Waals surface area contributed by atoms with E-state index in [2.05, 4.69) is 0 Å². The fourth-order valence-corrected chi connectivity index (χ4v) is 1.98. The minimum atomic E-state index is -4.39. The third-order valence-electron chi connectivity index (χ3n) is 2.22. The first kappa shape index (κ1) is 17.6. The van der Waals surface area contributed by atoms with E-state index in [1.54, 1.807) is 13.8 Å². The van der Waals surface area contributed by atoms with Gasteiger partial charge in [0, 0.05) is 6.54 Å². The number of hydrogen-bond donors (Lipinski definition) is 1. The molecule has 0 saturated carbocycles. The molecule has 0 bridgehead atoms. The Bertz CT molecular complexity index is 259. The molecule has 0 aromatic carbocycles. The first-order valence-corrected chi connectivity index (χ1v) is 7.16. The number of rotatable bonds is 7. The average Bonchev–Trinajstić information content (AvgIpc) is 2.21. The van der Waals surface area contributed by atoms with Crippen LogP contribution in [0.4, 0.5) is 13.2 Å². The fraction of sp³-hybridized carbons (Fsp3) is 0.909. The summed E-state index contributed by atoms with van der Waals surface area (Å²) in [7, 11) is 0. The van der Waals surface area contributed by atoms with E-state index in [1.165, 1.54) is 11.8 Å². The second kappa shape index (κ2) is 7.89. The Morgan fingerprint density at radius 3 is 2.33 bits per heavy atom. The van der Waals surface area contributed by atoms with Crippen LogP contribution in [0.2, 0.25) is 0 Å². The lowest BCUT2D eigenvalue weighted by molar-refractivity contribution is -0.162. The van der Waals surface area contributed by atoms with Crippen molar-refractivity contribution in [3.05, 3.63) is 0 Å². The number of thioether (sulfide) groups is 1. The molecule has 0 aliphatic carbocycles. The Kier molecular flexibility index (Phi) is 7.70. The second-order valence-electron chi connectivity index (χ2n) is 4.62. The lowest BCUT2D eigenvalue weighted by Gasteiger charge is -2.28. The van der Waals surface area contributed by atoms with E-state index in [0.29, 0.717) is 12.2 Å². The summed E-state index contributed by atoms with van der Waals surface area (Å²) < 4.78 is 37.2. The summed E-state index contributed by atoms with van der Waals surface area (Å²) in [5.74, 6) is 0.0215. The van der Waals surface area contributed by atoms with Crippen molar-refractivity contribution in [2.45, 2.75) is 32.5 Å². The number of alkyl halides is 3. The molecule has 2 N–H and O–H groups in total. The molecule has 0 rings (SSSR count). The van der Waals surface area contributed by atoms with Crippen LogP contribution in [0.5, 0.6) is 0 Å². The van der Waals surface area contributed by atoms with Gasteiger partial charge in [0.1, 0.15) is 6.54 Å². The van der Waals surface area contributed by atoms with Gasteiger partial charge >= 0.3 is 6.18 Å². The maximum absolute atomic E-state index is 12.4. The van der Waals surface area contributed by atoms with Crippen LogP contribution in [0.15, 0.2) is 0 Å². The van der Waals surface area contributed by atoms with Gasteiger partial charge in [-0.1, -0.05) is 13.8 Å². The summed E-state index contributed by atoms with van der Waals surface area (Å²) in [6, 6.07) is -0.849. The summed E-state index contributed by atoms with van der Waals surface area (Å²) in [4.78, 5) is 12.7. The molecule has 0 fully saturated rings. The first-order valence-electron chi connectivity index (χ1n) is 5.77. The van der Waals surface area contributed by atoms with E-state index in [0.717, 1.165) is 4.90 Å². The van der Waals surface area contributed by atoms with Crippen LogP contribution in [0.25, 0.3) is 0 Å². The molecule has 0 heterocycles. The first-order chi connectivity index (χ1) is 8.17. The van der Waals surface area contributed by atoms with Crippen molar-refractivity contribution >= 4 is 17.7 Å². The standard InChI is InChI=1S/C11H21F3N2OS/c1-8(2)6-16(7-11(12,13)14)10(17)9(15)4-5-18-3/h8-9H,4-7,15H2,1-3H3/t9-/m1/s1. The zero-order valence-corrected chi connectivity index (χ0v) is 11.8. The lowest BCUT2D eigenvalue weighted by Crippen LogP contribution is -2.48. The Morgan fingerprint density at radius 1 is 1.39 bits per heavy atom. The Labute approximate surface area is 110 Å². The largest absolute Gasteiger partial charge is 0.406 e. The van der Waals surface area contributed by atoms with Gasteiger partial charge in [0.05, 0.1) is 6.04 Å². The van der Waals surface area contributed by atoms with Crippen molar-refractivity contribution < 1.29 is 18.0 Å². The summed E-state index contributed by atoms with van der Waals surface area (Å²) in [5.41, 5.74) is 5.63. The number of hydrogen-bond acceptors (Lipinski definition) is 3. The van der Waals surface area contributed by atoms with Crippen molar-refractivity contribution in [2.24, 2.45) is 11.7 Å². The van der Waals surface area contributed by atoms with Gasteiger partial charge in [-0.15, -0.1) is 0 Å². The number of carbonyl (C=O) groups is 1. The van der Waals surface area contributed by atoms with Crippen molar-refractivity contribution in [3.63, 3.8) is 0 Å². The molecule has 0 aromatic heterocycles. The molecule has 0 spiro atoms. The summed E-state index contributed by atoms with van der Waals surface area (Å²) in [6.45, 7) is 2.39. The second-order valence-corrected chi connectivity index (χ2v) is 5.60. The highest BCUT2D eigenvalue weighted by Crippen LogP contribution is 2.18. The molecular formula is C11H21F3N2OS. The molecule has 0 saturated heterocycles. The van der Waals surface area contributed by atoms with Gasteiger partial charge in [-0.05, 0) is 24.3 Å². The molecule has 0 aliphatic rings. The van der Waals surface area contributed by atoms with E-state index in [9.17, 15) is 18.0 Å². The minimum Gasteiger partial charge on any atom is -0.332 e. The van der Waals surface area contributed by atoms with Crippen molar-refractivity contribution in [1.82, 2.24) is 4.90 Å². The van der Waals surface area contributed by atoms with Crippen LogP contribution < -0.4 is 5.73 Å². The van der Waals surface area contributed by atoms with Gasteiger partial charge in [0.15, 0.2) is 0 Å². The SMILES string of the molecule is CSCC[C@@H](N)C(=O)N(CC(C)C)CC(F)(F)F. The summed E-state index contributed by atoms with van der Waals surface area (Å²) >= 11 is 1.51. The van der Waals surface area contributed by atoms with E-state index in [1.807, 2.05) is 6.26 Å². The summed E-state index contributed by atoms with van der Waals surface area (Å²) in [6.07, 6.45) is -2.13. The van der Waals surface area contributed by atoms with Crippen LogP contribution in [-0.2, 0) is 4.79 Å². The third kappa shape index (κ3) is 7.81. The van der Waals surface area contributed by atoms with Crippen LogP contribution >= 0.6 is 11.8 Å². The molecule has 0 aliphatic heterocycles. The van der Waals surface area contributed by atoms with E-state index >= 15 is 0 Å². The maximum atomic E-state index is 12.4. The Morgan fingerprint density at radius 2 is 1.94 bits per heavy atom. The molecule has 0 radical (unpaired) electrons. The number of nitrogens with zero attached hydrogens (tertiary/aromatic N) is 1. The molecular weight excluding hydrogens is 265 g/mol. The van der Waals surface area contributed by atoms with Gasteiger partial charge in [-0.2, -0.15) is 24.9 Å². The van der Waals surface area contributed by atoms with Crippen LogP contribution in [0.1, 0.15) is 20.3 Å². The fourth-order valence-electron chi connectivity index (χ4n) is 1.49.